The van der Waals surface area contributed by atoms with Gasteiger partial charge in [-0.3, -0.25) is 14.7 Å². The molecule has 2 aliphatic rings. The van der Waals surface area contributed by atoms with E-state index in [4.69, 9.17) is 16.7 Å². The molecule has 2 aromatic heterocycles. The number of aromatic amines is 1. The predicted octanol–water partition coefficient (Wildman–Crippen LogP) is 3.00. The van der Waals surface area contributed by atoms with E-state index in [0.717, 1.165) is 12.4 Å². The Hall–Kier alpha value is -4.80. The van der Waals surface area contributed by atoms with Crippen LogP contribution in [0.1, 0.15) is 39.5 Å². The number of aromatic nitrogens is 4. The SMILES string of the molecule is Cn1c(-c2cn[nH]c2C(F)(F)F)cnc1C(=O)Nc1ccc(C(=O)N2CCN(C(=O)NC3CC(NC(=O)O)C3)CC2)c(Cl)c1. The minimum Gasteiger partial charge on any atom is -0.465 e. The summed E-state index contributed by atoms with van der Waals surface area (Å²) >= 11 is 6.39. The van der Waals surface area contributed by atoms with E-state index in [-0.39, 0.29) is 70.5 Å². The van der Waals surface area contributed by atoms with Gasteiger partial charge in [-0.05, 0) is 31.0 Å². The molecule has 18 heteroatoms. The van der Waals surface area contributed by atoms with Crippen molar-refractivity contribution in [2.75, 3.05) is 31.5 Å². The van der Waals surface area contributed by atoms with E-state index in [9.17, 15) is 32.3 Å². The monoisotopic (exact) mass is 637 g/mol. The normalized spacial score (nSPS) is 18.4. The number of H-pyrrole nitrogens is 1. The van der Waals surface area contributed by atoms with Crippen molar-refractivity contribution in [3.8, 4) is 11.3 Å². The second kappa shape index (κ2) is 12.1. The van der Waals surface area contributed by atoms with Crippen LogP contribution in [0.4, 0.5) is 28.4 Å². The Morgan fingerprint density at radius 2 is 1.68 bits per heavy atom. The van der Waals surface area contributed by atoms with Crippen molar-refractivity contribution < 1.29 is 37.5 Å². The summed E-state index contributed by atoms with van der Waals surface area (Å²) in [5.74, 6) is -1.23. The summed E-state index contributed by atoms with van der Waals surface area (Å²) in [4.78, 5) is 56.4. The molecule has 44 heavy (non-hydrogen) atoms. The lowest BCUT2D eigenvalue weighted by Gasteiger charge is -2.39. The first kappa shape index (κ1) is 30.7. The summed E-state index contributed by atoms with van der Waals surface area (Å²) in [6.45, 7) is 1.12. The molecule has 3 heterocycles. The van der Waals surface area contributed by atoms with Gasteiger partial charge in [0.2, 0.25) is 0 Å². The van der Waals surface area contributed by atoms with Gasteiger partial charge in [0.05, 0.1) is 34.2 Å². The average Bonchev–Trinajstić information content (AvgIpc) is 3.58. The Balaban J connectivity index is 1.15. The molecule has 0 atom stereocenters. The number of rotatable bonds is 6. The molecular formula is C26H27ClF3N9O5. The first-order valence-corrected chi connectivity index (χ1v) is 13.8. The third kappa shape index (κ3) is 6.41. The summed E-state index contributed by atoms with van der Waals surface area (Å²) in [5, 5.41) is 22.0. The van der Waals surface area contributed by atoms with Gasteiger partial charge in [0.25, 0.3) is 11.8 Å². The van der Waals surface area contributed by atoms with Gasteiger partial charge in [-0.1, -0.05) is 11.6 Å². The topological polar surface area (TPSA) is 178 Å². The number of urea groups is 1. The molecule has 14 nitrogen and oxygen atoms in total. The summed E-state index contributed by atoms with van der Waals surface area (Å²) in [5.41, 5.74) is -0.881. The van der Waals surface area contributed by atoms with Crippen LogP contribution in [0.3, 0.4) is 0 Å². The highest BCUT2D eigenvalue weighted by Crippen LogP contribution is 2.35. The van der Waals surface area contributed by atoms with Gasteiger partial charge in [0.1, 0.15) is 5.69 Å². The number of amides is 5. The van der Waals surface area contributed by atoms with Crippen LogP contribution in [0, 0.1) is 0 Å². The van der Waals surface area contributed by atoms with Gasteiger partial charge >= 0.3 is 18.3 Å². The van der Waals surface area contributed by atoms with Gasteiger partial charge in [-0.25, -0.2) is 14.6 Å². The molecule has 1 aromatic carbocycles. The molecule has 2 fully saturated rings. The van der Waals surface area contributed by atoms with Crippen molar-refractivity contribution in [2.24, 2.45) is 7.05 Å². The second-order valence-corrected chi connectivity index (χ2v) is 10.8. The number of halogens is 4. The van der Waals surface area contributed by atoms with Gasteiger partial charge in [-0.15, -0.1) is 0 Å². The number of benzene rings is 1. The molecule has 1 saturated carbocycles. The standard InChI is InChI=1S/C26H27ClF3N9O5/c1-37-19(17-11-32-36-20(17)26(28,29)30)12-31-21(37)22(40)33-13-2-3-16(18(27)10-13)23(41)38-4-6-39(7-5-38)24(42)34-14-8-15(9-14)35-25(43)44/h2-3,10-12,14-15,35H,4-9H2,1H3,(H,32,36)(H,33,40)(H,34,42)(H,43,44). The van der Waals surface area contributed by atoms with Gasteiger partial charge in [-0.2, -0.15) is 18.3 Å². The first-order valence-electron chi connectivity index (χ1n) is 13.4. The van der Waals surface area contributed by atoms with Crippen molar-refractivity contribution >= 4 is 41.2 Å². The van der Waals surface area contributed by atoms with E-state index >= 15 is 0 Å². The Morgan fingerprint density at radius 1 is 1.02 bits per heavy atom. The lowest BCUT2D eigenvalue weighted by Crippen LogP contribution is -2.58. The van der Waals surface area contributed by atoms with Crippen molar-refractivity contribution in [3.63, 3.8) is 0 Å². The number of carbonyl (C=O) groups is 4. The van der Waals surface area contributed by atoms with Crippen LogP contribution in [0.25, 0.3) is 11.3 Å². The van der Waals surface area contributed by atoms with E-state index in [1.54, 1.807) is 9.80 Å². The fourth-order valence-corrected chi connectivity index (χ4v) is 5.36. The largest absolute Gasteiger partial charge is 0.465 e. The van der Waals surface area contributed by atoms with E-state index in [2.05, 4.69) is 26.0 Å². The maximum Gasteiger partial charge on any atom is 0.433 e. The van der Waals surface area contributed by atoms with Crippen LogP contribution in [0.2, 0.25) is 5.02 Å². The van der Waals surface area contributed by atoms with Gasteiger partial charge in [0.15, 0.2) is 5.82 Å². The van der Waals surface area contributed by atoms with Crippen LogP contribution in [-0.4, -0.2) is 96.9 Å². The second-order valence-electron chi connectivity index (χ2n) is 10.4. The summed E-state index contributed by atoms with van der Waals surface area (Å²) in [7, 11) is 1.39. The molecule has 5 rings (SSSR count). The Morgan fingerprint density at radius 3 is 2.32 bits per heavy atom. The van der Waals surface area contributed by atoms with Crippen molar-refractivity contribution in [3.05, 3.63) is 52.7 Å². The number of alkyl halides is 3. The van der Waals surface area contributed by atoms with Crippen LogP contribution >= 0.6 is 11.6 Å². The summed E-state index contributed by atoms with van der Waals surface area (Å²) in [6, 6.07) is 3.72. The fraction of sp³-hybridized carbons (Fsp3) is 0.385. The number of hydrogen-bond acceptors (Lipinski definition) is 6. The summed E-state index contributed by atoms with van der Waals surface area (Å²) in [6.07, 6.45) is -2.61. The molecule has 0 radical (unpaired) electrons. The zero-order chi connectivity index (χ0) is 31.8. The Labute approximate surface area is 252 Å². The maximum atomic E-state index is 13.3. The number of nitrogens with zero attached hydrogens (tertiary/aromatic N) is 5. The Bertz CT molecular complexity index is 1590. The van der Waals surface area contributed by atoms with Gasteiger partial charge in [0, 0.05) is 51.0 Å². The Kier molecular flexibility index (Phi) is 8.40. The highest BCUT2D eigenvalue weighted by Gasteiger charge is 2.37. The quantitative estimate of drug-likeness (QED) is 0.276. The zero-order valence-electron chi connectivity index (χ0n) is 23.1. The van der Waals surface area contributed by atoms with Crippen LogP contribution in [0.15, 0.2) is 30.6 Å². The first-order chi connectivity index (χ1) is 20.8. The fourth-order valence-electron chi connectivity index (χ4n) is 5.10. The number of imidazole rings is 1. The highest BCUT2D eigenvalue weighted by atomic mass is 35.5. The van der Waals surface area contributed by atoms with Crippen molar-refractivity contribution in [1.82, 2.24) is 40.2 Å². The maximum absolute atomic E-state index is 13.3. The minimum atomic E-state index is -4.68. The lowest BCUT2D eigenvalue weighted by molar-refractivity contribution is -0.140. The number of anilines is 1. The number of hydrogen-bond donors (Lipinski definition) is 5. The summed E-state index contributed by atoms with van der Waals surface area (Å²) < 4.78 is 41.1. The molecule has 1 saturated heterocycles. The molecule has 0 bridgehead atoms. The molecular weight excluding hydrogens is 611 g/mol. The van der Waals surface area contributed by atoms with Gasteiger partial charge < -0.3 is 35.4 Å². The van der Waals surface area contributed by atoms with Crippen LogP contribution < -0.4 is 16.0 Å². The van der Waals surface area contributed by atoms with Crippen molar-refractivity contribution in [2.45, 2.75) is 31.1 Å². The van der Waals surface area contributed by atoms with Crippen LogP contribution in [-0.2, 0) is 13.2 Å². The number of nitrogens with one attached hydrogen (secondary N) is 4. The molecule has 234 valence electrons. The molecule has 5 N–H and O–H groups in total. The van der Waals surface area contributed by atoms with E-state index < -0.39 is 23.9 Å². The number of carboxylic acid groups (broad SMARTS) is 1. The van der Waals surface area contributed by atoms with E-state index in [1.807, 2.05) is 5.10 Å². The third-order valence-electron chi connectivity index (χ3n) is 7.49. The predicted molar refractivity (Wildman–Crippen MR) is 149 cm³/mol. The minimum absolute atomic E-state index is 0.0255. The molecule has 0 unspecified atom stereocenters. The van der Waals surface area contributed by atoms with E-state index in [0.29, 0.717) is 25.9 Å². The number of piperazine rings is 1. The third-order valence-corrected chi connectivity index (χ3v) is 7.81. The number of carbonyl (C=O) groups excluding carboxylic acids is 3. The molecule has 1 aliphatic carbocycles. The molecule has 5 amide bonds. The van der Waals surface area contributed by atoms with Crippen molar-refractivity contribution in [1.29, 1.82) is 0 Å². The molecule has 0 spiro atoms. The van der Waals surface area contributed by atoms with Crippen LogP contribution in [0.5, 0.6) is 0 Å². The zero-order valence-corrected chi connectivity index (χ0v) is 23.9. The lowest BCUT2D eigenvalue weighted by atomic mass is 9.87. The molecule has 3 aromatic rings. The average molecular weight is 638 g/mol. The molecule has 1 aliphatic heterocycles. The highest BCUT2D eigenvalue weighted by molar-refractivity contribution is 6.34. The smallest absolute Gasteiger partial charge is 0.433 e. The van der Waals surface area contributed by atoms with E-state index in [1.165, 1.54) is 29.8 Å².